The van der Waals surface area contributed by atoms with Crippen LogP contribution in [0.2, 0.25) is 0 Å². The topological polar surface area (TPSA) is 43.6 Å². The molecular formula is C47H30N4. The van der Waals surface area contributed by atoms with E-state index in [1.165, 1.54) is 16.2 Å². The summed E-state index contributed by atoms with van der Waals surface area (Å²) in [6.45, 7) is 0. The summed E-state index contributed by atoms with van der Waals surface area (Å²) in [7, 11) is 0. The fourth-order valence-corrected chi connectivity index (χ4v) is 7.42. The first-order valence-electron chi connectivity index (χ1n) is 17.2. The summed E-state index contributed by atoms with van der Waals surface area (Å²) in [4.78, 5) is 15.4. The van der Waals surface area contributed by atoms with Gasteiger partial charge in [0.15, 0.2) is 5.82 Å². The van der Waals surface area contributed by atoms with Crippen LogP contribution >= 0.6 is 0 Å². The maximum atomic E-state index is 5.32. The van der Waals surface area contributed by atoms with Gasteiger partial charge in [0.1, 0.15) is 0 Å². The van der Waals surface area contributed by atoms with Crippen LogP contribution in [0, 0.1) is 0 Å². The van der Waals surface area contributed by atoms with Crippen molar-refractivity contribution in [1.82, 2.24) is 19.5 Å². The summed E-state index contributed by atoms with van der Waals surface area (Å²) in [5.74, 6) is 0.707. The number of hydrogen-bond donors (Lipinski definition) is 0. The molecule has 0 unspecified atom stereocenters. The minimum absolute atomic E-state index is 0.707. The lowest BCUT2D eigenvalue weighted by Crippen LogP contribution is -1.98. The van der Waals surface area contributed by atoms with Crippen LogP contribution in [0.25, 0.3) is 94.3 Å². The predicted octanol–water partition coefficient (Wildman–Crippen LogP) is 11.9. The summed E-state index contributed by atoms with van der Waals surface area (Å²) >= 11 is 0. The highest BCUT2D eigenvalue weighted by Crippen LogP contribution is 2.42. The number of rotatable bonds is 5. The first-order chi connectivity index (χ1) is 25.3. The predicted molar refractivity (Wildman–Crippen MR) is 211 cm³/mol. The standard InChI is InChI=1S/C47H30N4/c1-4-14-31(15-5-1)41-30-42(50-47(49-41)34-18-8-3-9-19-34)32-24-26-35(27-25-32)51-43-23-13-11-21-37(43)39-29-28-38-36-20-10-12-22-40(36)48-45(44(38)46(39)51)33-16-6-2-7-17-33/h1-30H. The largest absolute Gasteiger partial charge is 0.309 e. The van der Waals surface area contributed by atoms with Crippen molar-refractivity contribution >= 4 is 43.5 Å². The van der Waals surface area contributed by atoms with E-state index in [0.717, 1.165) is 72.3 Å². The first kappa shape index (κ1) is 29.0. The van der Waals surface area contributed by atoms with E-state index >= 15 is 0 Å². The number of para-hydroxylation sites is 2. The number of aromatic nitrogens is 4. The molecule has 3 heterocycles. The van der Waals surface area contributed by atoms with Crippen LogP contribution in [0.5, 0.6) is 0 Å². The van der Waals surface area contributed by atoms with E-state index in [-0.39, 0.29) is 0 Å². The minimum atomic E-state index is 0.707. The average molecular weight is 651 g/mol. The third-order valence-corrected chi connectivity index (χ3v) is 9.80. The lowest BCUT2D eigenvalue weighted by atomic mass is 9.97. The van der Waals surface area contributed by atoms with Crippen LogP contribution in [0.15, 0.2) is 182 Å². The molecule has 0 bridgehead atoms. The molecule has 3 aromatic heterocycles. The highest BCUT2D eigenvalue weighted by Gasteiger charge is 2.20. The van der Waals surface area contributed by atoms with Gasteiger partial charge in [-0.25, -0.2) is 15.0 Å². The quantitative estimate of drug-likeness (QED) is 0.174. The van der Waals surface area contributed by atoms with Gasteiger partial charge in [-0.15, -0.1) is 0 Å². The molecule has 0 saturated carbocycles. The SMILES string of the molecule is c1ccc(-c2cc(-c3ccc(-n4c5ccccc5c5ccc6c7ccccc7nc(-c7ccccc7)c6c54)cc3)nc(-c3ccccc3)n2)cc1. The Morgan fingerprint density at radius 2 is 0.922 bits per heavy atom. The van der Waals surface area contributed by atoms with Crippen molar-refractivity contribution in [2.75, 3.05) is 0 Å². The molecule has 0 N–H and O–H groups in total. The Bertz CT molecular complexity index is 2820. The molecule has 238 valence electrons. The Hall–Kier alpha value is -6.91. The van der Waals surface area contributed by atoms with Crippen molar-refractivity contribution in [3.8, 4) is 50.8 Å². The highest BCUT2D eigenvalue weighted by molar-refractivity contribution is 6.25. The molecule has 0 spiro atoms. The van der Waals surface area contributed by atoms with Gasteiger partial charge in [-0.05, 0) is 35.7 Å². The maximum Gasteiger partial charge on any atom is 0.160 e. The molecule has 0 atom stereocenters. The van der Waals surface area contributed by atoms with Crippen molar-refractivity contribution in [2.45, 2.75) is 0 Å². The molecule has 0 aliphatic rings. The molecule has 10 aromatic rings. The normalized spacial score (nSPS) is 11.5. The van der Waals surface area contributed by atoms with Crippen LogP contribution < -0.4 is 0 Å². The first-order valence-corrected chi connectivity index (χ1v) is 17.2. The summed E-state index contributed by atoms with van der Waals surface area (Å²) in [6, 6.07) is 63.6. The van der Waals surface area contributed by atoms with E-state index in [0.29, 0.717) is 5.82 Å². The van der Waals surface area contributed by atoms with Crippen molar-refractivity contribution in [3.05, 3.63) is 182 Å². The van der Waals surface area contributed by atoms with Crippen molar-refractivity contribution in [2.24, 2.45) is 0 Å². The van der Waals surface area contributed by atoms with Crippen molar-refractivity contribution in [1.29, 1.82) is 0 Å². The molecule has 4 heteroatoms. The summed E-state index contributed by atoms with van der Waals surface area (Å²) < 4.78 is 2.41. The van der Waals surface area contributed by atoms with Gasteiger partial charge in [0, 0.05) is 49.5 Å². The zero-order valence-electron chi connectivity index (χ0n) is 27.6. The molecule has 0 amide bonds. The van der Waals surface area contributed by atoms with Gasteiger partial charge in [0.2, 0.25) is 0 Å². The highest BCUT2D eigenvalue weighted by atomic mass is 15.0. The second kappa shape index (κ2) is 11.9. The molecule has 7 aromatic carbocycles. The van der Waals surface area contributed by atoms with Gasteiger partial charge in [-0.2, -0.15) is 0 Å². The Kier molecular flexibility index (Phi) is 6.78. The Morgan fingerprint density at radius 3 is 1.63 bits per heavy atom. The molecule has 0 radical (unpaired) electrons. The summed E-state index contributed by atoms with van der Waals surface area (Å²) in [6.07, 6.45) is 0. The number of benzene rings is 7. The smallest absolute Gasteiger partial charge is 0.160 e. The summed E-state index contributed by atoms with van der Waals surface area (Å²) in [5.41, 5.74) is 11.3. The van der Waals surface area contributed by atoms with Crippen LogP contribution in [0.1, 0.15) is 0 Å². The summed E-state index contributed by atoms with van der Waals surface area (Å²) in [5, 5.41) is 5.89. The fourth-order valence-electron chi connectivity index (χ4n) is 7.42. The zero-order chi connectivity index (χ0) is 33.7. The molecule has 0 fully saturated rings. The van der Waals surface area contributed by atoms with E-state index in [1.807, 2.05) is 36.4 Å². The van der Waals surface area contributed by atoms with E-state index < -0.39 is 0 Å². The van der Waals surface area contributed by atoms with Gasteiger partial charge < -0.3 is 4.57 Å². The average Bonchev–Trinajstić information content (AvgIpc) is 3.56. The van der Waals surface area contributed by atoms with Crippen LogP contribution in [-0.4, -0.2) is 19.5 Å². The zero-order valence-corrected chi connectivity index (χ0v) is 27.6. The van der Waals surface area contributed by atoms with Gasteiger partial charge in [0.05, 0.1) is 33.6 Å². The second-order valence-electron chi connectivity index (χ2n) is 12.8. The number of nitrogens with zero attached hydrogens (tertiary/aromatic N) is 4. The third kappa shape index (κ3) is 4.88. The van der Waals surface area contributed by atoms with Crippen LogP contribution in [-0.2, 0) is 0 Å². The number of pyridine rings is 1. The molecule has 0 aliphatic heterocycles. The van der Waals surface area contributed by atoms with Gasteiger partial charge >= 0.3 is 0 Å². The van der Waals surface area contributed by atoms with Crippen LogP contribution in [0.3, 0.4) is 0 Å². The maximum absolute atomic E-state index is 5.32. The Labute approximate surface area is 295 Å². The lowest BCUT2D eigenvalue weighted by Gasteiger charge is -2.15. The van der Waals surface area contributed by atoms with E-state index in [4.69, 9.17) is 15.0 Å². The second-order valence-corrected chi connectivity index (χ2v) is 12.8. The third-order valence-electron chi connectivity index (χ3n) is 9.80. The Morgan fingerprint density at radius 1 is 0.373 bits per heavy atom. The van der Waals surface area contributed by atoms with E-state index in [1.54, 1.807) is 0 Å². The monoisotopic (exact) mass is 650 g/mol. The Balaban J connectivity index is 1.21. The minimum Gasteiger partial charge on any atom is -0.309 e. The molecule has 10 rings (SSSR count). The van der Waals surface area contributed by atoms with Crippen molar-refractivity contribution < 1.29 is 0 Å². The number of hydrogen-bond acceptors (Lipinski definition) is 3. The number of fused-ring (bicyclic) bond motifs is 7. The fraction of sp³-hybridized carbons (Fsp3) is 0. The lowest BCUT2D eigenvalue weighted by molar-refractivity contribution is 1.17. The van der Waals surface area contributed by atoms with Crippen LogP contribution in [0.4, 0.5) is 0 Å². The molecule has 4 nitrogen and oxygen atoms in total. The van der Waals surface area contributed by atoms with E-state index in [2.05, 4.69) is 150 Å². The van der Waals surface area contributed by atoms with Gasteiger partial charge in [-0.1, -0.05) is 152 Å². The van der Waals surface area contributed by atoms with Gasteiger partial charge in [-0.3, -0.25) is 0 Å². The molecule has 0 aliphatic carbocycles. The molecule has 51 heavy (non-hydrogen) atoms. The molecular weight excluding hydrogens is 621 g/mol. The van der Waals surface area contributed by atoms with Crippen molar-refractivity contribution in [3.63, 3.8) is 0 Å². The van der Waals surface area contributed by atoms with Gasteiger partial charge in [0.25, 0.3) is 0 Å². The molecule has 0 saturated heterocycles. The van der Waals surface area contributed by atoms with E-state index in [9.17, 15) is 0 Å².